The average Bonchev–Trinajstić information content (AvgIpc) is 2.77. The number of nitrogens with zero attached hydrogens (tertiary/aromatic N) is 2. The fourth-order valence-corrected chi connectivity index (χ4v) is 2.90. The summed E-state index contributed by atoms with van der Waals surface area (Å²) in [7, 11) is 0. The van der Waals surface area contributed by atoms with Gasteiger partial charge in [0.25, 0.3) is 0 Å². The number of hydrogen-bond acceptors (Lipinski definition) is 4. The van der Waals surface area contributed by atoms with Gasteiger partial charge >= 0.3 is 0 Å². The van der Waals surface area contributed by atoms with Gasteiger partial charge in [-0.2, -0.15) is 0 Å². The molecular weight excluding hydrogens is 381 g/mol. The van der Waals surface area contributed by atoms with E-state index in [1.54, 1.807) is 11.3 Å². The number of anilines is 1. The van der Waals surface area contributed by atoms with E-state index in [2.05, 4.69) is 44.8 Å². The van der Waals surface area contributed by atoms with Gasteiger partial charge < -0.3 is 5.32 Å². The van der Waals surface area contributed by atoms with Crippen molar-refractivity contribution in [1.29, 1.82) is 0 Å². The molecule has 2 aromatic heterocycles. The summed E-state index contributed by atoms with van der Waals surface area (Å²) in [5, 5.41) is 5.96. The molecule has 3 nitrogen and oxygen atoms in total. The Bertz CT molecular complexity index is 556. The third kappa shape index (κ3) is 3.13. The van der Waals surface area contributed by atoms with Gasteiger partial charge in [-0.15, -0.1) is 11.3 Å². The zero-order valence-electron chi connectivity index (χ0n) is 10.1. The normalized spacial score (nSPS) is 10.7. The molecule has 18 heavy (non-hydrogen) atoms. The molecule has 0 bridgehead atoms. The number of nitrogens with one attached hydrogen (secondary N) is 1. The van der Waals surface area contributed by atoms with Crippen molar-refractivity contribution in [3.8, 4) is 10.7 Å². The second-order valence-electron chi connectivity index (χ2n) is 3.85. The summed E-state index contributed by atoms with van der Waals surface area (Å²) < 4.78 is 1.08. The molecule has 0 aliphatic heterocycles. The molecule has 0 aliphatic rings. The van der Waals surface area contributed by atoms with Crippen LogP contribution in [0.2, 0.25) is 5.02 Å². The van der Waals surface area contributed by atoms with E-state index >= 15 is 0 Å². The first-order valence-corrected chi connectivity index (χ1v) is 7.98. The van der Waals surface area contributed by atoms with Gasteiger partial charge in [0.05, 0.1) is 19.2 Å². The van der Waals surface area contributed by atoms with Gasteiger partial charge in [-0.3, -0.25) is 0 Å². The molecule has 0 fully saturated rings. The zero-order valence-corrected chi connectivity index (χ0v) is 13.9. The van der Waals surface area contributed by atoms with Crippen LogP contribution in [0.5, 0.6) is 0 Å². The number of hydrogen-bond donors (Lipinski definition) is 1. The van der Waals surface area contributed by atoms with Gasteiger partial charge in [0, 0.05) is 11.9 Å². The first-order valence-electron chi connectivity index (χ1n) is 5.64. The van der Waals surface area contributed by atoms with Gasteiger partial charge in [0.1, 0.15) is 5.82 Å². The standard InChI is InChI=1S/C12H13ClIN3S/c1-3-4-15-12-10(14)7(2)16-11(17-12)9-5-8(13)6-18-9/h5-6H,3-4H2,1-2H3,(H,15,16,17). The molecular formula is C12H13ClIN3S. The molecule has 1 N–H and O–H groups in total. The lowest BCUT2D eigenvalue weighted by atomic mass is 10.3. The summed E-state index contributed by atoms with van der Waals surface area (Å²) >= 11 is 9.78. The molecule has 0 spiro atoms. The number of rotatable bonds is 4. The fourth-order valence-electron chi connectivity index (χ4n) is 1.46. The van der Waals surface area contributed by atoms with Crippen LogP contribution in [0.15, 0.2) is 11.4 Å². The molecule has 0 radical (unpaired) electrons. The van der Waals surface area contributed by atoms with Crippen LogP contribution in [0, 0.1) is 10.5 Å². The average molecular weight is 394 g/mol. The third-order valence-electron chi connectivity index (χ3n) is 2.35. The second-order valence-corrected chi connectivity index (χ2v) is 6.28. The van der Waals surface area contributed by atoms with Crippen LogP contribution in [0.25, 0.3) is 10.7 Å². The summed E-state index contributed by atoms with van der Waals surface area (Å²) in [6.45, 7) is 5.05. The quantitative estimate of drug-likeness (QED) is 0.772. The van der Waals surface area contributed by atoms with Crippen LogP contribution in [-0.2, 0) is 0 Å². The van der Waals surface area contributed by atoms with Crippen molar-refractivity contribution in [2.45, 2.75) is 20.3 Å². The van der Waals surface area contributed by atoms with Crippen molar-refractivity contribution in [3.05, 3.63) is 25.7 Å². The van der Waals surface area contributed by atoms with Gasteiger partial charge in [-0.05, 0) is 42.0 Å². The Kier molecular flexibility index (Phi) is 4.80. The highest BCUT2D eigenvalue weighted by atomic mass is 127. The number of halogens is 2. The van der Waals surface area contributed by atoms with E-state index in [9.17, 15) is 0 Å². The molecule has 2 aromatic rings. The van der Waals surface area contributed by atoms with E-state index in [4.69, 9.17) is 11.6 Å². The van der Waals surface area contributed by atoms with Crippen LogP contribution in [0.4, 0.5) is 5.82 Å². The maximum absolute atomic E-state index is 5.94. The Labute approximate surface area is 129 Å². The summed E-state index contributed by atoms with van der Waals surface area (Å²) in [5.41, 5.74) is 0.990. The first kappa shape index (κ1) is 14.0. The molecule has 2 rings (SSSR count). The van der Waals surface area contributed by atoms with Crippen molar-refractivity contribution in [3.63, 3.8) is 0 Å². The largest absolute Gasteiger partial charge is 0.369 e. The van der Waals surface area contributed by atoms with E-state index in [1.807, 2.05) is 18.4 Å². The summed E-state index contributed by atoms with van der Waals surface area (Å²) in [6.07, 6.45) is 1.07. The Hall–Kier alpha value is -0.400. The topological polar surface area (TPSA) is 37.8 Å². The molecule has 2 heterocycles. The lowest BCUT2D eigenvalue weighted by Crippen LogP contribution is -2.07. The van der Waals surface area contributed by atoms with Crippen molar-refractivity contribution >= 4 is 51.3 Å². The maximum Gasteiger partial charge on any atom is 0.171 e. The van der Waals surface area contributed by atoms with E-state index in [1.165, 1.54) is 0 Å². The van der Waals surface area contributed by atoms with Crippen LogP contribution in [-0.4, -0.2) is 16.5 Å². The first-order chi connectivity index (χ1) is 8.61. The minimum Gasteiger partial charge on any atom is -0.369 e. The molecule has 0 saturated heterocycles. The minimum atomic E-state index is 0.734. The predicted octanol–water partition coefficient (Wildman–Crippen LogP) is 4.59. The Balaban J connectivity index is 2.40. The van der Waals surface area contributed by atoms with E-state index in [0.717, 1.165) is 43.8 Å². The monoisotopic (exact) mass is 393 g/mol. The Morgan fingerprint density at radius 3 is 2.83 bits per heavy atom. The van der Waals surface area contributed by atoms with Crippen LogP contribution < -0.4 is 5.32 Å². The molecule has 0 atom stereocenters. The summed E-state index contributed by atoms with van der Waals surface area (Å²) in [4.78, 5) is 10.1. The van der Waals surface area contributed by atoms with Crippen molar-refractivity contribution in [2.75, 3.05) is 11.9 Å². The number of thiophene rings is 1. The molecule has 0 saturated carbocycles. The molecule has 0 aromatic carbocycles. The molecule has 0 unspecified atom stereocenters. The highest BCUT2D eigenvalue weighted by Crippen LogP contribution is 2.29. The SMILES string of the molecule is CCCNc1nc(-c2cc(Cl)cs2)nc(C)c1I. The molecule has 0 amide bonds. The third-order valence-corrected chi connectivity index (χ3v) is 4.91. The number of aryl methyl sites for hydroxylation is 1. The lowest BCUT2D eigenvalue weighted by molar-refractivity contribution is 0.959. The highest BCUT2D eigenvalue weighted by molar-refractivity contribution is 14.1. The van der Waals surface area contributed by atoms with E-state index in [0.29, 0.717) is 0 Å². The van der Waals surface area contributed by atoms with Crippen LogP contribution >= 0.6 is 45.5 Å². The Morgan fingerprint density at radius 2 is 2.22 bits per heavy atom. The van der Waals surface area contributed by atoms with Crippen molar-refractivity contribution in [1.82, 2.24) is 9.97 Å². The summed E-state index contributed by atoms with van der Waals surface area (Å²) in [5.74, 6) is 1.65. The van der Waals surface area contributed by atoms with Gasteiger partial charge in [0.2, 0.25) is 0 Å². The van der Waals surface area contributed by atoms with Gasteiger partial charge in [-0.25, -0.2) is 9.97 Å². The minimum absolute atomic E-state index is 0.734. The van der Waals surface area contributed by atoms with Crippen LogP contribution in [0.1, 0.15) is 19.0 Å². The summed E-state index contributed by atoms with van der Waals surface area (Å²) in [6, 6.07) is 1.90. The maximum atomic E-state index is 5.94. The zero-order chi connectivity index (χ0) is 13.1. The smallest absolute Gasteiger partial charge is 0.171 e. The Morgan fingerprint density at radius 1 is 1.44 bits per heavy atom. The van der Waals surface area contributed by atoms with Crippen molar-refractivity contribution < 1.29 is 0 Å². The number of aromatic nitrogens is 2. The molecule has 96 valence electrons. The molecule has 6 heteroatoms. The van der Waals surface area contributed by atoms with E-state index < -0.39 is 0 Å². The van der Waals surface area contributed by atoms with Crippen molar-refractivity contribution in [2.24, 2.45) is 0 Å². The second kappa shape index (κ2) is 6.16. The van der Waals surface area contributed by atoms with Crippen LogP contribution in [0.3, 0.4) is 0 Å². The van der Waals surface area contributed by atoms with Gasteiger partial charge in [0.15, 0.2) is 5.82 Å². The highest BCUT2D eigenvalue weighted by Gasteiger charge is 2.11. The van der Waals surface area contributed by atoms with E-state index in [-0.39, 0.29) is 0 Å². The fraction of sp³-hybridized carbons (Fsp3) is 0.333. The predicted molar refractivity (Wildman–Crippen MR) is 86.6 cm³/mol. The molecule has 0 aliphatic carbocycles. The van der Waals surface area contributed by atoms with Gasteiger partial charge in [-0.1, -0.05) is 18.5 Å². The lowest BCUT2D eigenvalue weighted by Gasteiger charge is -2.09.